The summed E-state index contributed by atoms with van der Waals surface area (Å²) in [6.45, 7) is 4.13. The SMILES string of the molecule is COc1cc2c(I)cc(-c3cc(C(C)C)on3)nc2cc1Cl. The molecule has 6 heteroatoms. The first-order valence-electron chi connectivity index (χ1n) is 6.80. The number of nitrogens with zero attached hydrogens (tertiary/aromatic N) is 2. The van der Waals surface area contributed by atoms with Gasteiger partial charge in [0.25, 0.3) is 0 Å². The number of rotatable bonds is 3. The Hall–Kier alpha value is -1.34. The highest BCUT2D eigenvalue weighted by atomic mass is 127. The number of ether oxygens (including phenoxy) is 1. The van der Waals surface area contributed by atoms with Crippen LogP contribution in [-0.2, 0) is 0 Å². The molecule has 0 aliphatic rings. The lowest BCUT2D eigenvalue weighted by atomic mass is 10.1. The van der Waals surface area contributed by atoms with Crippen molar-refractivity contribution in [2.24, 2.45) is 0 Å². The second-order valence-electron chi connectivity index (χ2n) is 5.26. The Balaban J connectivity index is 2.15. The molecule has 2 heterocycles. The summed E-state index contributed by atoms with van der Waals surface area (Å²) in [5.41, 5.74) is 2.31. The van der Waals surface area contributed by atoms with Crippen molar-refractivity contribution in [1.82, 2.24) is 10.1 Å². The molecule has 0 fully saturated rings. The fourth-order valence-electron chi connectivity index (χ4n) is 2.16. The summed E-state index contributed by atoms with van der Waals surface area (Å²) in [6, 6.07) is 7.63. The Bertz CT molecular complexity index is 846. The molecule has 1 aromatic carbocycles. The third-order valence-electron chi connectivity index (χ3n) is 3.39. The van der Waals surface area contributed by atoms with Gasteiger partial charge in [0.1, 0.15) is 17.2 Å². The van der Waals surface area contributed by atoms with Gasteiger partial charge in [-0.3, -0.25) is 0 Å². The average molecular weight is 429 g/mol. The molecule has 0 bridgehead atoms. The van der Waals surface area contributed by atoms with Crippen LogP contribution >= 0.6 is 34.2 Å². The molecule has 2 aromatic heterocycles. The van der Waals surface area contributed by atoms with E-state index < -0.39 is 0 Å². The largest absolute Gasteiger partial charge is 0.495 e. The normalized spacial score (nSPS) is 11.4. The molecule has 0 atom stereocenters. The smallest absolute Gasteiger partial charge is 0.139 e. The van der Waals surface area contributed by atoms with Crippen LogP contribution in [0.3, 0.4) is 0 Å². The Labute approximate surface area is 146 Å². The molecule has 3 aromatic rings. The minimum Gasteiger partial charge on any atom is -0.495 e. The fourth-order valence-corrected chi connectivity index (χ4v) is 3.12. The first-order chi connectivity index (χ1) is 10.5. The van der Waals surface area contributed by atoms with Crippen LogP contribution in [0.25, 0.3) is 22.3 Å². The summed E-state index contributed by atoms with van der Waals surface area (Å²) < 4.78 is 11.7. The molecule has 0 N–H and O–H groups in total. The van der Waals surface area contributed by atoms with Crippen LogP contribution < -0.4 is 4.74 Å². The zero-order valence-corrected chi connectivity index (χ0v) is 15.3. The summed E-state index contributed by atoms with van der Waals surface area (Å²) in [6.07, 6.45) is 0. The second kappa shape index (κ2) is 6.04. The molecule has 0 aliphatic heterocycles. The van der Waals surface area contributed by atoms with Crippen LogP contribution in [0.1, 0.15) is 25.5 Å². The molecule has 0 saturated carbocycles. The minimum absolute atomic E-state index is 0.291. The summed E-state index contributed by atoms with van der Waals surface area (Å²) >= 11 is 8.48. The fraction of sp³-hybridized carbons (Fsp3) is 0.250. The average Bonchev–Trinajstić information content (AvgIpc) is 2.96. The predicted octanol–water partition coefficient (Wildman–Crippen LogP) is 5.28. The van der Waals surface area contributed by atoms with Crippen molar-refractivity contribution in [1.29, 1.82) is 0 Å². The van der Waals surface area contributed by atoms with Gasteiger partial charge in [-0.15, -0.1) is 0 Å². The van der Waals surface area contributed by atoms with Gasteiger partial charge in [0.05, 0.1) is 23.3 Å². The van der Waals surface area contributed by atoms with Crippen molar-refractivity contribution in [3.8, 4) is 17.1 Å². The van der Waals surface area contributed by atoms with E-state index in [-0.39, 0.29) is 0 Å². The highest BCUT2D eigenvalue weighted by Crippen LogP contribution is 2.33. The summed E-state index contributed by atoms with van der Waals surface area (Å²) in [5.74, 6) is 1.78. The first-order valence-corrected chi connectivity index (χ1v) is 8.26. The van der Waals surface area contributed by atoms with Crippen LogP contribution in [0.5, 0.6) is 5.75 Å². The van der Waals surface area contributed by atoms with Crippen LogP contribution in [-0.4, -0.2) is 17.3 Å². The minimum atomic E-state index is 0.291. The van der Waals surface area contributed by atoms with Crippen LogP contribution in [0, 0.1) is 3.57 Å². The molecule has 114 valence electrons. The number of benzene rings is 1. The Kier molecular flexibility index (Phi) is 4.27. The second-order valence-corrected chi connectivity index (χ2v) is 6.83. The zero-order chi connectivity index (χ0) is 15.9. The molecule has 0 amide bonds. The molecule has 0 aliphatic carbocycles. The molecule has 4 nitrogen and oxygen atoms in total. The quantitative estimate of drug-likeness (QED) is 0.533. The summed E-state index contributed by atoms with van der Waals surface area (Å²) in [5, 5.41) is 5.65. The molecule has 22 heavy (non-hydrogen) atoms. The highest BCUT2D eigenvalue weighted by Gasteiger charge is 2.14. The van der Waals surface area contributed by atoms with Crippen molar-refractivity contribution in [2.45, 2.75) is 19.8 Å². The molecule has 3 rings (SSSR count). The van der Waals surface area contributed by atoms with Crippen molar-refractivity contribution >= 4 is 45.1 Å². The van der Waals surface area contributed by atoms with Crippen LogP contribution in [0.15, 0.2) is 28.8 Å². The van der Waals surface area contributed by atoms with Crippen molar-refractivity contribution in [2.75, 3.05) is 7.11 Å². The van der Waals surface area contributed by atoms with Gasteiger partial charge >= 0.3 is 0 Å². The number of hydrogen-bond donors (Lipinski definition) is 0. The van der Waals surface area contributed by atoms with Crippen molar-refractivity contribution < 1.29 is 9.26 Å². The summed E-state index contributed by atoms with van der Waals surface area (Å²) in [4.78, 5) is 4.65. The lowest BCUT2D eigenvalue weighted by Crippen LogP contribution is -1.91. The maximum atomic E-state index is 6.20. The van der Waals surface area contributed by atoms with Gasteiger partial charge in [0, 0.05) is 20.9 Å². The Morgan fingerprint density at radius 2 is 1.95 bits per heavy atom. The van der Waals surface area contributed by atoms with E-state index in [1.165, 1.54) is 0 Å². The maximum Gasteiger partial charge on any atom is 0.139 e. The number of halogens is 2. The monoisotopic (exact) mass is 428 g/mol. The molecule has 0 spiro atoms. The number of methoxy groups -OCH3 is 1. The van der Waals surface area contributed by atoms with E-state index >= 15 is 0 Å². The molecule has 0 radical (unpaired) electrons. The van der Waals surface area contributed by atoms with Gasteiger partial charge in [0.2, 0.25) is 0 Å². The standard InChI is InChI=1S/C16H14ClIN2O2/c1-8(2)15-7-14(20-22-15)13-6-11(18)9-4-16(21-3)10(17)5-12(9)19-13/h4-8H,1-3H3. The van der Waals surface area contributed by atoms with E-state index in [0.717, 1.165) is 31.6 Å². The van der Waals surface area contributed by atoms with Gasteiger partial charge in [-0.05, 0) is 40.8 Å². The first kappa shape index (κ1) is 15.6. The number of pyridine rings is 1. The third-order valence-corrected chi connectivity index (χ3v) is 4.58. The van der Waals surface area contributed by atoms with Gasteiger partial charge in [-0.1, -0.05) is 30.6 Å². The van der Waals surface area contributed by atoms with Gasteiger partial charge in [0.15, 0.2) is 0 Å². The highest BCUT2D eigenvalue weighted by molar-refractivity contribution is 14.1. The van der Waals surface area contributed by atoms with E-state index in [2.05, 4.69) is 46.6 Å². The van der Waals surface area contributed by atoms with Gasteiger partial charge in [-0.2, -0.15) is 0 Å². The lowest BCUT2D eigenvalue weighted by Gasteiger charge is -2.08. The number of hydrogen-bond acceptors (Lipinski definition) is 4. The maximum absolute atomic E-state index is 6.20. The molecular weight excluding hydrogens is 415 g/mol. The van der Waals surface area contributed by atoms with Crippen molar-refractivity contribution in [3.63, 3.8) is 0 Å². The van der Waals surface area contributed by atoms with Crippen LogP contribution in [0.2, 0.25) is 5.02 Å². The number of aromatic nitrogens is 2. The van der Waals surface area contributed by atoms with E-state index in [1.807, 2.05) is 24.3 Å². The topological polar surface area (TPSA) is 48.2 Å². The van der Waals surface area contributed by atoms with Gasteiger partial charge in [-0.25, -0.2) is 4.98 Å². The number of fused-ring (bicyclic) bond motifs is 1. The predicted molar refractivity (Wildman–Crippen MR) is 95.6 cm³/mol. The van der Waals surface area contributed by atoms with Crippen LogP contribution in [0.4, 0.5) is 0 Å². The van der Waals surface area contributed by atoms with Gasteiger partial charge < -0.3 is 9.26 Å². The lowest BCUT2D eigenvalue weighted by molar-refractivity contribution is 0.373. The molecular formula is C16H14ClIN2O2. The Morgan fingerprint density at radius 1 is 1.18 bits per heavy atom. The Morgan fingerprint density at radius 3 is 2.59 bits per heavy atom. The van der Waals surface area contributed by atoms with Crippen molar-refractivity contribution in [3.05, 3.63) is 38.6 Å². The molecule has 0 unspecified atom stereocenters. The van der Waals surface area contributed by atoms with E-state index in [0.29, 0.717) is 16.7 Å². The zero-order valence-electron chi connectivity index (χ0n) is 12.4. The molecule has 0 saturated heterocycles. The van der Waals surface area contributed by atoms with E-state index in [9.17, 15) is 0 Å². The van der Waals surface area contributed by atoms with E-state index in [1.54, 1.807) is 7.11 Å². The van der Waals surface area contributed by atoms with E-state index in [4.69, 9.17) is 20.9 Å². The summed E-state index contributed by atoms with van der Waals surface area (Å²) in [7, 11) is 1.60. The third kappa shape index (κ3) is 2.79.